The average Bonchev–Trinajstić information content (AvgIpc) is 3.40. The molecule has 1 N–H and O–H groups in total. The van der Waals surface area contributed by atoms with Gasteiger partial charge in [0.25, 0.3) is 0 Å². The van der Waals surface area contributed by atoms with Crippen molar-refractivity contribution in [1.82, 2.24) is 0 Å². The molecule has 2 aromatic rings. The Hall–Kier alpha value is -3.79. The molecule has 3 atom stereocenters. The molecular formula is C23H22O10. The van der Waals surface area contributed by atoms with E-state index in [1.54, 1.807) is 19.1 Å². The Labute approximate surface area is 188 Å². The van der Waals surface area contributed by atoms with Crippen LogP contribution in [0.4, 0.5) is 0 Å². The molecule has 0 amide bonds. The van der Waals surface area contributed by atoms with Crippen LogP contribution in [0.2, 0.25) is 0 Å². The van der Waals surface area contributed by atoms with E-state index in [1.807, 2.05) is 0 Å². The maximum atomic E-state index is 13.4. The van der Waals surface area contributed by atoms with E-state index in [1.165, 1.54) is 38.5 Å². The zero-order chi connectivity index (χ0) is 23.8. The predicted molar refractivity (Wildman–Crippen MR) is 110 cm³/mol. The first kappa shape index (κ1) is 22.4. The van der Waals surface area contributed by atoms with Gasteiger partial charge in [0.2, 0.25) is 18.2 Å². The van der Waals surface area contributed by atoms with Gasteiger partial charge in [-0.1, -0.05) is 6.07 Å². The fourth-order valence-corrected chi connectivity index (χ4v) is 3.93. The molecule has 2 aliphatic heterocycles. The molecule has 174 valence electrons. The number of ketones is 1. The predicted octanol–water partition coefficient (Wildman–Crippen LogP) is 1.82. The lowest BCUT2D eigenvalue weighted by molar-refractivity contribution is -0.158. The summed E-state index contributed by atoms with van der Waals surface area (Å²) in [6, 6.07) is 8.78. The van der Waals surface area contributed by atoms with E-state index in [4.69, 9.17) is 28.4 Å². The number of hydrogen-bond acceptors (Lipinski definition) is 10. The number of aliphatic hydroxyl groups is 1. The van der Waals surface area contributed by atoms with E-state index in [0.29, 0.717) is 22.8 Å². The second kappa shape index (κ2) is 8.62. The first-order valence-corrected chi connectivity index (χ1v) is 10.1. The lowest BCUT2D eigenvalue weighted by atomic mass is 9.78. The van der Waals surface area contributed by atoms with Crippen molar-refractivity contribution in [2.45, 2.75) is 18.6 Å². The summed E-state index contributed by atoms with van der Waals surface area (Å²) in [4.78, 5) is 39.3. The molecule has 0 bridgehead atoms. The van der Waals surface area contributed by atoms with Crippen molar-refractivity contribution in [3.8, 4) is 23.0 Å². The van der Waals surface area contributed by atoms with Crippen LogP contribution in [0, 0.1) is 5.92 Å². The van der Waals surface area contributed by atoms with Crippen molar-refractivity contribution in [3.05, 3.63) is 47.5 Å². The van der Waals surface area contributed by atoms with Gasteiger partial charge in [0.1, 0.15) is 12.0 Å². The van der Waals surface area contributed by atoms with Crippen LogP contribution < -0.4 is 18.9 Å². The smallest absolute Gasteiger partial charge is 0.348 e. The Kier molecular flexibility index (Phi) is 5.86. The minimum atomic E-state index is -2.83. The first-order chi connectivity index (χ1) is 15.8. The Morgan fingerprint density at radius 1 is 1.06 bits per heavy atom. The number of fused-ring (bicyclic) bond motifs is 1. The summed E-state index contributed by atoms with van der Waals surface area (Å²) < 4.78 is 31.5. The summed E-state index contributed by atoms with van der Waals surface area (Å²) >= 11 is 0. The number of cyclic esters (lactones) is 1. The van der Waals surface area contributed by atoms with E-state index >= 15 is 0 Å². The van der Waals surface area contributed by atoms with Crippen LogP contribution in [0.5, 0.6) is 23.0 Å². The highest BCUT2D eigenvalue weighted by Crippen LogP contribution is 2.47. The number of ether oxygens (including phenoxy) is 6. The van der Waals surface area contributed by atoms with Gasteiger partial charge in [0.15, 0.2) is 23.0 Å². The van der Waals surface area contributed by atoms with Crippen molar-refractivity contribution in [3.63, 3.8) is 0 Å². The molecule has 1 fully saturated rings. The standard InChI is InChI=1S/C23H22O10/c1-4-30-21(25)18-19(12-5-8-15-17(9-12)32-11-31-15)33-22(26)23(18,27)20(24)13-6-7-14(28-2)16(10-13)29-3/h5-10,18-19,27H,4,11H2,1-3H3/t18-,19-,23+/m0/s1. The Bertz CT molecular complexity index is 1110. The number of carbonyl (C=O) groups is 3. The molecule has 33 heavy (non-hydrogen) atoms. The third-order valence-corrected chi connectivity index (χ3v) is 5.56. The van der Waals surface area contributed by atoms with Gasteiger partial charge in [0, 0.05) is 5.56 Å². The molecule has 2 aromatic carbocycles. The van der Waals surface area contributed by atoms with E-state index in [9.17, 15) is 19.5 Å². The normalized spacial score (nSPS) is 23.1. The van der Waals surface area contributed by atoms with Gasteiger partial charge < -0.3 is 33.5 Å². The molecule has 0 spiro atoms. The lowest BCUT2D eigenvalue weighted by Gasteiger charge is -2.25. The van der Waals surface area contributed by atoms with Crippen molar-refractivity contribution in [2.24, 2.45) is 5.92 Å². The fourth-order valence-electron chi connectivity index (χ4n) is 3.93. The van der Waals surface area contributed by atoms with Crippen LogP contribution in [0.25, 0.3) is 0 Å². The van der Waals surface area contributed by atoms with Crippen LogP contribution in [0.15, 0.2) is 36.4 Å². The second-order valence-corrected chi connectivity index (χ2v) is 7.33. The van der Waals surface area contributed by atoms with Crippen molar-refractivity contribution < 1.29 is 47.9 Å². The maximum absolute atomic E-state index is 13.4. The number of carbonyl (C=O) groups excluding carboxylic acids is 3. The Morgan fingerprint density at radius 3 is 2.48 bits per heavy atom. The number of esters is 2. The van der Waals surface area contributed by atoms with Crippen molar-refractivity contribution in [1.29, 1.82) is 0 Å². The largest absolute Gasteiger partial charge is 0.493 e. The highest BCUT2D eigenvalue weighted by atomic mass is 16.7. The molecule has 10 heteroatoms. The molecular weight excluding hydrogens is 436 g/mol. The molecule has 0 unspecified atom stereocenters. The summed E-state index contributed by atoms with van der Waals surface area (Å²) in [6.45, 7) is 1.56. The van der Waals surface area contributed by atoms with Crippen molar-refractivity contribution in [2.75, 3.05) is 27.6 Å². The lowest BCUT2D eigenvalue weighted by Crippen LogP contribution is -2.52. The Balaban J connectivity index is 1.77. The molecule has 0 aromatic heterocycles. The molecule has 2 heterocycles. The molecule has 4 rings (SSSR count). The van der Waals surface area contributed by atoms with Crippen LogP contribution >= 0.6 is 0 Å². The maximum Gasteiger partial charge on any atom is 0.348 e. The second-order valence-electron chi connectivity index (χ2n) is 7.33. The number of methoxy groups -OCH3 is 2. The van der Waals surface area contributed by atoms with E-state index in [-0.39, 0.29) is 24.7 Å². The van der Waals surface area contributed by atoms with Gasteiger partial charge in [-0.3, -0.25) is 9.59 Å². The van der Waals surface area contributed by atoms with Crippen LogP contribution in [0.3, 0.4) is 0 Å². The molecule has 10 nitrogen and oxygen atoms in total. The molecule has 0 aliphatic carbocycles. The quantitative estimate of drug-likeness (QED) is 0.373. The molecule has 1 saturated heterocycles. The summed E-state index contributed by atoms with van der Waals surface area (Å²) in [5.41, 5.74) is -2.57. The summed E-state index contributed by atoms with van der Waals surface area (Å²) in [7, 11) is 2.80. The van der Waals surface area contributed by atoms with Gasteiger partial charge in [0.05, 0.1) is 20.8 Å². The number of benzene rings is 2. The minimum Gasteiger partial charge on any atom is -0.493 e. The third-order valence-electron chi connectivity index (χ3n) is 5.56. The molecule has 0 saturated carbocycles. The highest BCUT2D eigenvalue weighted by molar-refractivity contribution is 6.19. The van der Waals surface area contributed by atoms with Crippen LogP contribution in [-0.2, 0) is 19.1 Å². The van der Waals surface area contributed by atoms with Crippen LogP contribution in [0.1, 0.15) is 28.9 Å². The SMILES string of the molecule is CCOC(=O)[C@@H]1[C@H](c2ccc3c(c2)OCO3)OC(=O)[C@]1(O)C(=O)c1ccc(OC)c(OC)c1. The summed E-state index contributed by atoms with van der Waals surface area (Å²) in [5.74, 6) is -3.50. The number of rotatable bonds is 7. The van der Waals surface area contributed by atoms with E-state index in [2.05, 4.69) is 0 Å². The van der Waals surface area contributed by atoms with Gasteiger partial charge in [-0.15, -0.1) is 0 Å². The fraction of sp³-hybridized carbons (Fsp3) is 0.348. The Morgan fingerprint density at radius 2 is 1.79 bits per heavy atom. The molecule has 0 radical (unpaired) electrons. The molecule has 2 aliphatic rings. The number of Topliss-reactive ketones (excluding diaryl/α,β-unsaturated/α-hetero) is 1. The third kappa shape index (κ3) is 3.62. The van der Waals surface area contributed by atoms with Gasteiger partial charge in [-0.2, -0.15) is 0 Å². The van der Waals surface area contributed by atoms with Crippen LogP contribution in [-0.4, -0.2) is 56.0 Å². The number of hydrogen-bond donors (Lipinski definition) is 1. The summed E-state index contributed by atoms with van der Waals surface area (Å²) in [5, 5.41) is 11.4. The zero-order valence-corrected chi connectivity index (χ0v) is 18.2. The summed E-state index contributed by atoms with van der Waals surface area (Å²) in [6.07, 6.45) is -1.29. The minimum absolute atomic E-state index is 0.0201. The van der Waals surface area contributed by atoms with Gasteiger partial charge in [-0.05, 0) is 42.8 Å². The highest BCUT2D eigenvalue weighted by Gasteiger charge is 2.65. The van der Waals surface area contributed by atoms with E-state index in [0.717, 1.165) is 0 Å². The average molecular weight is 458 g/mol. The first-order valence-electron chi connectivity index (χ1n) is 10.1. The van der Waals surface area contributed by atoms with Gasteiger partial charge in [-0.25, -0.2) is 4.79 Å². The monoisotopic (exact) mass is 458 g/mol. The topological polar surface area (TPSA) is 127 Å². The zero-order valence-electron chi connectivity index (χ0n) is 18.2. The van der Waals surface area contributed by atoms with E-state index < -0.39 is 35.3 Å². The van der Waals surface area contributed by atoms with Crippen molar-refractivity contribution >= 4 is 17.7 Å². The van der Waals surface area contributed by atoms with Gasteiger partial charge >= 0.3 is 11.9 Å².